The molecule has 3 rings (SSSR count). The summed E-state index contributed by atoms with van der Waals surface area (Å²) in [6.45, 7) is 0.290. The second kappa shape index (κ2) is 5.40. The van der Waals surface area contributed by atoms with Crippen LogP contribution in [0.15, 0.2) is 54.6 Å². The van der Waals surface area contributed by atoms with E-state index in [1.807, 2.05) is 78.2 Å². The van der Waals surface area contributed by atoms with Crippen molar-refractivity contribution in [3.05, 3.63) is 60.2 Å². The summed E-state index contributed by atoms with van der Waals surface area (Å²) in [5.74, 6) is 0.877. The van der Waals surface area contributed by atoms with E-state index in [-0.39, 0.29) is 12.3 Å². The van der Waals surface area contributed by atoms with Gasteiger partial charge in [-0.25, -0.2) is 4.98 Å². The molecule has 4 heteroatoms. The molecule has 0 aliphatic rings. The van der Waals surface area contributed by atoms with Crippen molar-refractivity contribution >= 4 is 22.8 Å². The van der Waals surface area contributed by atoms with Gasteiger partial charge >= 0.3 is 0 Å². The lowest BCUT2D eigenvalue weighted by atomic mass is 10.1. The van der Waals surface area contributed by atoms with Gasteiger partial charge in [-0.15, -0.1) is 0 Å². The number of nitrogens with zero attached hydrogens (tertiary/aromatic N) is 3. The van der Waals surface area contributed by atoms with Gasteiger partial charge in [0.15, 0.2) is 5.78 Å². The predicted molar refractivity (Wildman–Crippen MR) is 84.8 cm³/mol. The van der Waals surface area contributed by atoms with E-state index in [4.69, 9.17) is 0 Å². The number of aromatic nitrogens is 2. The molecule has 1 heterocycles. The fraction of sp³-hybridized carbons (Fsp3) is 0.176. The standard InChI is InChI=1S/C17H17N3O/c1-19(2)17-18-14-10-6-7-11-15(14)20(17)12-16(21)13-8-4-3-5-9-13/h3-11H,12H2,1-2H3. The second-order valence-corrected chi connectivity index (χ2v) is 5.17. The highest BCUT2D eigenvalue weighted by molar-refractivity contribution is 5.97. The molecule has 0 amide bonds. The quantitative estimate of drug-likeness (QED) is 0.689. The number of rotatable bonds is 4. The minimum atomic E-state index is 0.0850. The molecule has 0 saturated carbocycles. The number of carbonyl (C=O) groups is 1. The summed E-state index contributed by atoms with van der Waals surface area (Å²) >= 11 is 0. The predicted octanol–water partition coefficient (Wildman–Crippen LogP) is 2.99. The summed E-state index contributed by atoms with van der Waals surface area (Å²) in [7, 11) is 3.87. The van der Waals surface area contributed by atoms with Crippen LogP contribution in [0.5, 0.6) is 0 Å². The Morgan fingerprint density at radius 1 is 1.05 bits per heavy atom. The third-order valence-corrected chi connectivity index (χ3v) is 3.43. The number of ketones is 1. The van der Waals surface area contributed by atoms with E-state index in [2.05, 4.69) is 4.98 Å². The molecule has 2 aromatic carbocycles. The Morgan fingerprint density at radius 2 is 1.71 bits per heavy atom. The number of hydrogen-bond donors (Lipinski definition) is 0. The lowest BCUT2D eigenvalue weighted by molar-refractivity contribution is 0.0974. The van der Waals surface area contributed by atoms with Crippen LogP contribution >= 0.6 is 0 Å². The maximum absolute atomic E-state index is 12.5. The Kier molecular flexibility index (Phi) is 3.44. The average molecular weight is 279 g/mol. The van der Waals surface area contributed by atoms with Crippen LogP contribution in [0.1, 0.15) is 10.4 Å². The van der Waals surface area contributed by atoms with Crippen LogP contribution in [0.4, 0.5) is 5.95 Å². The topological polar surface area (TPSA) is 38.1 Å². The largest absolute Gasteiger partial charge is 0.348 e. The van der Waals surface area contributed by atoms with Crippen LogP contribution in [-0.4, -0.2) is 29.4 Å². The molecule has 0 fully saturated rings. The molecule has 0 bridgehead atoms. The number of fused-ring (bicyclic) bond motifs is 1. The third-order valence-electron chi connectivity index (χ3n) is 3.43. The molecule has 0 radical (unpaired) electrons. The zero-order chi connectivity index (χ0) is 14.8. The number of imidazole rings is 1. The summed E-state index contributed by atoms with van der Waals surface area (Å²) in [5, 5.41) is 0. The molecule has 0 spiro atoms. The van der Waals surface area contributed by atoms with Crippen molar-refractivity contribution in [1.29, 1.82) is 0 Å². The van der Waals surface area contributed by atoms with E-state index in [0.717, 1.165) is 22.5 Å². The van der Waals surface area contributed by atoms with Gasteiger partial charge in [-0.3, -0.25) is 4.79 Å². The van der Waals surface area contributed by atoms with Gasteiger partial charge in [0.05, 0.1) is 17.6 Å². The van der Waals surface area contributed by atoms with Crippen molar-refractivity contribution in [2.75, 3.05) is 19.0 Å². The van der Waals surface area contributed by atoms with Gasteiger partial charge in [0, 0.05) is 19.7 Å². The van der Waals surface area contributed by atoms with Crippen LogP contribution in [0.2, 0.25) is 0 Å². The highest BCUT2D eigenvalue weighted by Gasteiger charge is 2.15. The fourth-order valence-electron chi connectivity index (χ4n) is 2.42. The highest BCUT2D eigenvalue weighted by atomic mass is 16.1. The van der Waals surface area contributed by atoms with Crippen LogP contribution in [-0.2, 0) is 6.54 Å². The molecule has 0 saturated heterocycles. The molecule has 106 valence electrons. The lowest BCUT2D eigenvalue weighted by Crippen LogP contribution is -2.18. The Morgan fingerprint density at radius 3 is 2.43 bits per heavy atom. The van der Waals surface area contributed by atoms with Crippen LogP contribution in [0.25, 0.3) is 11.0 Å². The van der Waals surface area contributed by atoms with Crippen molar-refractivity contribution < 1.29 is 4.79 Å². The minimum absolute atomic E-state index is 0.0850. The highest BCUT2D eigenvalue weighted by Crippen LogP contribution is 2.21. The smallest absolute Gasteiger partial charge is 0.206 e. The van der Waals surface area contributed by atoms with Gasteiger partial charge in [-0.05, 0) is 12.1 Å². The summed E-state index contributed by atoms with van der Waals surface area (Å²) in [6.07, 6.45) is 0. The van der Waals surface area contributed by atoms with E-state index >= 15 is 0 Å². The van der Waals surface area contributed by atoms with E-state index in [9.17, 15) is 4.79 Å². The minimum Gasteiger partial charge on any atom is -0.348 e. The van der Waals surface area contributed by atoms with Crippen molar-refractivity contribution in [2.45, 2.75) is 6.54 Å². The van der Waals surface area contributed by atoms with E-state index in [1.54, 1.807) is 0 Å². The zero-order valence-corrected chi connectivity index (χ0v) is 12.2. The first kappa shape index (κ1) is 13.4. The first-order chi connectivity index (χ1) is 10.2. The number of Topliss-reactive ketones (excluding diaryl/α,β-unsaturated/α-hetero) is 1. The van der Waals surface area contributed by atoms with E-state index < -0.39 is 0 Å². The van der Waals surface area contributed by atoms with Gasteiger partial charge in [-0.1, -0.05) is 42.5 Å². The van der Waals surface area contributed by atoms with Crippen LogP contribution in [0.3, 0.4) is 0 Å². The van der Waals surface area contributed by atoms with Gasteiger partial charge in [0.1, 0.15) is 0 Å². The Labute approximate surface area is 123 Å². The SMILES string of the molecule is CN(C)c1nc2ccccc2n1CC(=O)c1ccccc1. The first-order valence-corrected chi connectivity index (χ1v) is 6.87. The van der Waals surface area contributed by atoms with Gasteiger partial charge in [0.2, 0.25) is 5.95 Å². The van der Waals surface area contributed by atoms with Gasteiger partial charge in [0.25, 0.3) is 0 Å². The molecule has 0 atom stereocenters. The summed E-state index contributed by atoms with van der Waals surface area (Å²) < 4.78 is 1.96. The maximum atomic E-state index is 12.5. The normalized spacial score (nSPS) is 10.8. The molecule has 0 aliphatic carbocycles. The van der Waals surface area contributed by atoms with Crippen molar-refractivity contribution in [3.8, 4) is 0 Å². The number of hydrogen-bond acceptors (Lipinski definition) is 3. The molecule has 4 nitrogen and oxygen atoms in total. The van der Waals surface area contributed by atoms with Gasteiger partial charge < -0.3 is 9.47 Å². The number of carbonyl (C=O) groups excluding carboxylic acids is 1. The van der Waals surface area contributed by atoms with Crippen LogP contribution < -0.4 is 4.90 Å². The molecule has 1 aromatic heterocycles. The number of para-hydroxylation sites is 2. The maximum Gasteiger partial charge on any atom is 0.206 e. The number of benzene rings is 2. The van der Waals surface area contributed by atoms with Crippen molar-refractivity contribution in [2.24, 2.45) is 0 Å². The molecule has 0 N–H and O–H groups in total. The van der Waals surface area contributed by atoms with E-state index in [0.29, 0.717) is 0 Å². The zero-order valence-electron chi connectivity index (χ0n) is 12.2. The Hall–Kier alpha value is -2.62. The second-order valence-electron chi connectivity index (χ2n) is 5.17. The summed E-state index contributed by atoms with van der Waals surface area (Å²) in [4.78, 5) is 19.0. The Bertz CT molecular complexity index is 775. The average Bonchev–Trinajstić information content (AvgIpc) is 2.87. The van der Waals surface area contributed by atoms with Crippen molar-refractivity contribution in [3.63, 3.8) is 0 Å². The first-order valence-electron chi connectivity index (χ1n) is 6.87. The molecular weight excluding hydrogens is 262 g/mol. The van der Waals surface area contributed by atoms with E-state index in [1.165, 1.54) is 0 Å². The van der Waals surface area contributed by atoms with Crippen molar-refractivity contribution in [1.82, 2.24) is 9.55 Å². The monoisotopic (exact) mass is 279 g/mol. The third kappa shape index (κ3) is 2.52. The fourth-order valence-corrected chi connectivity index (χ4v) is 2.42. The van der Waals surface area contributed by atoms with Crippen LogP contribution in [0, 0.1) is 0 Å². The molecule has 0 unspecified atom stereocenters. The molecule has 21 heavy (non-hydrogen) atoms. The Balaban J connectivity index is 2.03. The molecular formula is C17H17N3O. The molecule has 3 aromatic rings. The van der Waals surface area contributed by atoms with Gasteiger partial charge in [-0.2, -0.15) is 0 Å². The lowest BCUT2D eigenvalue weighted by Gasteiger charge is -2.14. The number of anilines is 1. The molecule has 0 aliphatic heterocycles. The summed E-state index contributed by atoms with van der Waals surface area (Å²) in [6, 6.07) is 17.2. The summed E-state index contributed by atoms with van der Waals surface area (Å²) in [5.41, 5.74) is 2.60.